The zero-order valence-corrected chi connectivity index (χ0v) is 19.6. The van der Waals surface area contributed by atoms with Crippen LogP contribution in [0.5, 0.6) is 0 Å². The molecular formula is C29H39N. The summed E-state index contributed by atoms with van der Waals surface area (Å²) >= 11 is 0. The summed E-state index contributed by atoms with van der Waals surface area (Å²) in [6, 6.07) is 17.9. The van der Waals surface area contributed by atoms with E-state index in [4.69, 9.17) is 0 Å². The molecule has 160 valence electrons. The van der Waals surface area contributed by atoms with E-state index in [2.05, 4.69) is 99.4 Å². The highest BCUT2D eigenvalue weighted by molar-refractivity contribution is 5.76. The normalized spacial score (nSPS) is 12.8. The lowest BCUT2D eigenvalue weighted by Crippen LogP contribution is -2.18. The molecule has 2 aromatic rings. The van der Waals surface area contributed by atoms with E-state index in [1.807, 2.05) is 13.8 Å². The van der Waals surface area contributed by atoms with Crippen molar-refractivity contribution < 1.29 is 0 Å². The van der Waals surface area contributed by atoms with E-state index in [9.17, 15) is 0 Å². The van der Waals surface area contributed by atoms with E-state index >= 15 is 0 Å². The van der Waals surface area contributed by atoms with Crippen LogP contribution in [0.15, 0.2) is 79.0 Å². The molecule has 0 atom stereocenters. The van der Waals surface area contributed by atoms with E-state index in [0.29, 0.717) is 0 Å². The van der Waals surface area contributed by atoms with Gasteiger partial charge in [0.25, 0.3) is 0 Å². The van der Waals surface area contributed by atoms with Crippen molar-refractivity contribution in [3.05, 3.63) is 95.7 Å². The molecule has 1 N–H and O–H groups in total. The number of rotatable bonds is 9. The molecule has 0 unspecified atom stereocenters. The van der Waals surface area contributed by atoms with Crippen LogP contribution in [0.3, 0.4) is 0 Å². The van der Waals surface area contributed by atoms with Crippen LogP contribution >= 0.6 is 0 Å². The SMILES string of the molecule is C=C(Nc1ccc(CCCc2ccc(C3=CCC=C3)cc2)cc1)C(C)(C)CC.CC. The molecule has 3 rings (SSSR count). The molecule has 0 fully saturated rings. The van der Waals surface area contributed by atoms with E-state index < -0.39 is 0 Å². The molecule has 0 saturated heterocycles. The predicted octanol–water partition coefficient (Wildman–Crippen LogP) is 8.59. The first-order chi connectivity index (χ1) is 14.5. The van der Waals surface area contributed by atoms with Crippen molar-refractivity contribution >= 4 is 11.3 Å². The Labute approximate surface area is 184 Å². The second kappa shape index (κ2) is 11.6. The molecule has 0 bridgehead atoms. The predicted molar refractivity (Wildman–Crippen MR) is 135 cm³/mol. The van der Waals surface area contributed by atoms with Crippen LogP contribution in [0.25, 0.3) is 5.57 Å². The zero-order chi connectivity index (χ0) is 22.0. The first-order valence-corrected chi connectivity index (χ1v) is 11.5. The maximum absolute atomic E-state index is 4.21. The highest BCUT2D eigenvalue weighted by Crippen LogP contribution is 2.29. The Hall–Kier alpha value is -2.54. The van der Waals surface area contributed by atoms with Gasteiger partial charge in [-0.3, -0.25) is 0 Å². The quantitative estimate of drug-likeness (QED) is 0.443. The van der Waals surface area contributed by atoms with Gasteiger partial charge in [-0.1, -0.05) is 95.8 Å². The van der Waals surface area contributed by atoms with Gasteiger partial charge in [0.2, 0.25) is 0 Å². The van der Waals surface area contributed by atoms with Gasteiger partial charge in [-0.15, -0.1) is 0 Å². The Bertz CT molecular complexity index is 848. The third kappa shape index (κ3) is 6.76. The lowest BCUT2D eigenvalue weighted by molar-refractivity contribution is 0.434. The van der Waals surface area contributed by atoms with Crippen LogP contribution < -0.4 is 5.32 Å². The number of anilines is 1. The van der Waals surface area contributed by atoms with Gasteiger partial charge < -0.3 is 5.32 Å². The highest BCUT2D eigenvalue weighted by atomic mass is 14.9. The van der Waals surface area contributed by atoms with Crippen LogP contribution in [-0.4, -0.2) is 0 Å². The Morgan fingerprint density at radius 3 is 2.00 bits per heavy atom. The molecule has 0 saturated carbocycles. The van der Waals surface area contributed by atoms with Crippen LogP contribution in [0, 0.1) is 5.41 Å². The first-order valence-electron chi connectivity index (χ1n) is 11.5. The van der Waals surface area contributed by atoms with Gasteiger partial charge in [0.1, 0.15) is 0 Å². The second-order valence-electron chi connectivity index (χ2n) is 8.39. The largest absolute Gasteiger partial charge is 0.359 e. The third-order valence-corrected chi connectivity index (χ3v) is 5.94. The molecular weight excluding hydrogens is 362 g/mol. The molecule has 1 heteroatoms. The molecule has 0 amide bonds. The molecule has 1 aliphatic rings. The molecule has 1 aliphatic carbocycles. The van der Waals surface area contributed by atoms with Gasteiger partial charge in [0.15, 0.2) is 0 Å². The average molecular weight is 402 g/mol. The molecule has 0 radical (unpaired) electrons. The maximum atomic E-state index is 4.21. The summed E-state index contributed by atoms with van der Waals surface area (Å²) in [6.07, 6.45) is 12.3. The third-order valence-electron chi connectivity index (χ3n) is 5.94. The molecule has 0 heterocycles. The number of aryl methyl sites for hydroxylation is 2. The fourth-order valence-corrected chi connectivity index (χ4v) is 3.34. The number of benzene rings is 2. The Kier molecular flexibility index (Phi) is 9.17. The smallest absolute Gasteiger partial charge is 0.0381 e. The fraction of sp³-hybridized carbons (Fsp3) is 0.379. The van der Waals surface area contributed by atoms with Crippen molar-refractivity contribution in [2.24, 2.45) is 5.41 Å². The van der Waals surface area contributed by atoms with Crippen LogP contribution in [0.4, 0.5) is 5.69 Å². The number of hydrogen-bond acceptors (Lipinski definition) is 1. The molecule has 0 aliphatic heterocycles. The average Bonchev–Trinajstić information content (AvgIpc) is 3.32. The second-order valence-corrected chi connectivity index (χ2v) is 8.39. The lowest BCUT2D eigenvalue weighted by atomic mass is 9.87. The molecule has 1 nitrogen and oxygen atoms in total. The Morgan fingerprint density at radius 2 is 1.50 bits per heavy atom. The summed E-state index contributed by atoms with van der Waals surface area (Å²) in [4.78, 5) is 0. The van der Waals surface area contributed by atoms with E-state index in [1.165, 1.54) is 28.7 Å². The number of hydrogen-bond donors (Lipinski definition) is 1. The van der Waals surface area contributed by atoms with Crippen molar-refractivity contribution in [3.8, 4) is 0 Å². The minimum absolute atomic E-state index is 0.110. The monoisotopic (exact) mass is 401 g/mol. The van der Waals surface area contributed by atoms with Crippen LogP contribution in [0.1, 0.15) is 70.6 Å². The van der Waals surface area contributed by atoms with Gasteiger partial charge in [-0.25, -0.2) is 0 Å². The Balaban J connectivity index is 0.00000155. The minimum atomic E-state index is 0.110. The van der Waals surface area contributed by atoms with Crippen molar-refractivity contribution in [3.63, 3.8) is 0 Å². The first kappa shape index (κ1) is 23.7. The van der Waals surface area contributed by atoms with Crippen molar-refractivity contribution in [2.45, 2.75) is 66.7 Å². The maximum Gasteiger partial charge on any atom is 0.0381 e. The number of allylic oxidation sites excluding steroid dienone is 5. The molecule has 0 aromatic heterocycles. The van der Waals surface area contributed by atoms with Gasteiger partial charge in [-0.2, -0.15) is 0 Å². The molecule has 2 aromatic carbocycles. The van der Waals surface area contributed by atoms with Gasteiger partial charge in [-0.05, 0) is 66.5 Å². The molecule has 0 spiro atoms. The number of nitrogens with one attached hydrogen (secondary N) is 1. The van der Waals surface area contributed by atoms with Gasteiger partial charge in [0, 0.05) is 16.8 Å². The van der Waals surface area contributed by atoms with E-state index in [0.717, 1.165) is 37.1 Å². The van der Waals surface area contributed by atoms with Crippen molar-refractivity contribution in [2.75, 3.05) is 5.32 Å². The molecule has 30 heavy (non-hydrogen) atoms. The van der Waals surface area contributed by atoms with Gasteiger partial charge in [0.05, 0.1) is 0 Å². The summed E-state index contributed by atoms with van der Waals surface area (Å²) in [6.45, 7) is 14.9. The van der Waals surface area contributed by atoms with Gasteiger partial charge >= 0.3 is 0 Å². The van der Waals surface area contributed by atoms with Crippen LogP contribution in [-0.2, 0) is 12.8 Å². The van der Waals surface area contributed by atoms with Crippen molar-refractivity contribution in [1.29, 1.82) is 0 Å². The summed E-state index contributed by atoms with van der Waals surface area (Å²) in [5.41, 5.74) is 7.81. The standard InChI is InChI=1S/C27H33N.C2H6/c1-5-27(3,4)21(2)28-26-19-15-23(16-20-26)10-8-9-22-13-17-25(18-14-22)24-11-6-7-12-24;1-2/h6,11-20,28H,2,5,7-10H2,1,3-4H3;1-2H3. The summed E-state index contributed by atoms with van der Waals surface area (Å²) < 4.78 is 0. The van der Waals surface area contributed by atoms with Crippen molar-refractivity contribution in [1.82, 2.24) is 0 Å². The van der Waals surface area contributed by atoms with E-state index in [-0.39, 0.29) is 5.41 Å². The van der Waals surface area contributed by atoms with E-state index in [1.54, 1.807) is 0 Å². The zero-order valence-electron chi connectivity index (χ0n) is 19.6. The summed E-state index contributed by atoms with van der Waals surface area (Å²) in [5, 5.41) is 3.47. The minimum Gasteiger partial charge on any atom is -0.359 e. The fourth-order valence-electron chi connectivity index (χ4n) is 3.34. The Morgan fingerprint density at radius 1 is 0.933 bits per heavy atom. The summed E-state index contributed by atoms with van der Waals surface area (Å²) in [7, 11) is 0. The topological polar surface area (TPSA) is 12.0 Å². The lowest BCUT2D eigenvalue weighted by Gasteiger charge is -2.26. The van der Waals surface area contributed by atoms with Crippen LogP contribution in [0.2, 0.25) is 0 Å². The highest BCUT2D eigenvalue weighted by Gasteiger charge is 2.19. The summed E-state index contributed by atoms with van der Waals surface area (Å²) in [5.74, 6) is 0.